The molecule has 6 nitrogen and oxygen atoms in total. The summed E-state index contributed by atoms with van der Waals surface area (Å²) in [5, 5.41) is 6.78. The summed E-state index contributed by atoms with van der Waals surface area (Å²) in [7, 11) is 1.69. The fraction of sp³-hybridized carbons (Fsp3) is 0.950. The Bertz CT molecular complexity index is 369. The van der Waals surface area contributed by atoms with Crippen molar-refractivity contribution < 1.29 is 9.47 Å². The van der Waals surface area contributed by atoms with E-state index in [1.807, 2.05) is 0 Å². The lowest BCUT2D eigenvalue weighted by Crippen LogP contribution is -2.46. The Hall–Kier alpha value is -0.850. The second kappa shape index (κ2) is 14.2. The number of aliphatic imine (C=N–C) groups is 1. The third kappa shape index (κ3) is 9.74. The monoisotopic (exact) mass is 370 g/mol. The maximum atomic E-state index is 5.50. The largest absolute Gasteiger partial charge is 0.382 e. The van der Waals surface area contributed by atoms with Gasteiger partial charge in [-0.3, -0.25) is 9.89 Å². The number of piperidine rings is 1. The van der Waals surface area contributed by atoms with Crippen LogP contribution in [0.25, 0.3) is 0 Å². The molecule has 0 aromatic rings. The summed E-state index contributed by atoms with van der Waals surface area (Å²) in [5.74, 6) is 2.40. The van der Waals surface area contributed by atoms with E-state index >= 15 is 0 Å². The molecule has 1 unspecified atom stereocenters. The molecular weight excluding hydrogens is 328 g/mol. The van der Waals surface area contributed by atoms with Crippen LogP contribution in [0.2, 0.25) is 0 Å². The fourth-order valence-electron chi connectivity index (χ4n) is 3.26. The number of nitrogens with zero attached hydrogens (tertiary/aromatic N) is 2. The quantitative estimate of drug-likeness (QED) is 0.314. The lowest BCUT2D eigenvalue weighted by atomic mass is 9.94. The highest BCUT2D eigenvalue weighted by Crippen LogP contribution is 2.21. The molecule has 1 aliphatic rings. The van der Waals surface area contributed by atoms with E-state index in [1.165, 1.54) is 25.9 Å². The highest BCUT2D eigenvalue weighted by Gasteiger charge is 2.25. The molecule has 0 spiro atoms. The fourth-order valence-corrected chi connectivity index (χ4v) is 3.26. The molecule has 0 aromatic carbocycles. The standard InChI is InChI=1S/C20H42N4O2/c1-6-21-20(22-10-7-13-26-15-14-25-5)23-16-19(17(2)3)24-11-8-18(4)9-12-24/h17-19H,6-16H2,1-5H3,(H2,21,22,23). The number of nitrogens with one attached hydrogen (secondary N) is 2. The molecule has 26 heavy (non-hydrogen) atoms. The predicted molar refractivity (Wildman–Crippen MR) is 110 cm³/mol. The van der Waals surface area contributed by atoms with Crippen LogP contribution in [0.4, 0.5) is 0 Å². The van der Waals surface area contributed by atoms with Gasteiger partial charge < -0.3 is 20.1 Å². The summed E-state index contributed by atoms with van der Waals surface area (Å²) in [6.07, 6.45) is 3.59. The molecule has 0 bridgehead atoms. The van der Waals surface area contributed by atoms with E-state index in [0.29, 0.717) is 25.2 Å². The van der Waals surface area contributed by atoms with E-state index in [2.05, 4.69) is 43.2 Å². The Kier molecular flexibility index (Phi) is 12.7. The van der Waals surface area contributed by atoms with Gasteiger partial charge in [-0.1, -0.05) is 20.8 Å². The molecule has 1 rings (SSSR count). The van der Waals surface area contributed by atoms with Gasteiger partial charge in [-0.15, -0.1) is 0 Å². The highest BCUT2D eigenvalue weighted by atomic mass is 16.5. The number of hydrogen-bond donors (Lipinski definition) is 2. The van der Waals surface area contributed by atoms with Crippen molar-refractivity contribution in [1.82, 2.24) is 15.5 Å². The summed E-state index contributed by atoms with van der Waals surface area (Å²) >= 11 is 0. The van der Waals surface area contributed by atoms with Crippen molar-refractivity contribution >= 4 is 5.96 Å². The van der Waals surface area contributed by atoms with Gasteiger partial charge in [0.2, 0.25) is 0 Å². The van der Waals surface area contributed by atoms with E-state index in [-0.39, 0.29) is 0 Å². The Morgan fingerprint density at radius 1 is 1.15 bits per heavy atom. The first kappa shape index (κ1) is 23.2. The summed E-state index contributed by atoms with van der Waals surface area (Å²) in [4.78, 5) is 7.51. The number of hydrogen-bond acceptors (Lipinski definition) is 4. The average molecular weight is 371 g/mol. The minimum atomic E-state index is 0.523. The van der Waals surface area contributed by atoms with Gasteiger partial charge in [-0.05, 0) is 51.1 Å². The lowest BCUT2D eigenvalue weighted by molar-refractivity contribution is 0.0698. The van der Waals surface area contributed by atoms with Crippen LogP contribution in [0, 0.1) is 11.8 Å². The van der Waals surface area contributed by atoms with Crippen molar-refractivity contribution in [2.24, 2.45) is 16.8 Å². The molecule has 154 valence electrons. The van der Waals surface area contributed by atoms with Crippen LogP contribution in [0.5, 0.6) is 0 Å². The zero-order chi connectivity index (χ0) is 19.2. The molecule has 0 aromatic heterocycles. The molecule has 1 fully saturated rings. The first-order valence-electron chi connectivity index (χ1n) is 10.4. The number of rotatable bonds is 12. The predicted octanol–water partition coefficient (Wildman–Crippen LogP) is 2.35. The van der Waals surface area contributed by atoms with Crippen molar-refractivity contribution in [2.45, 2.75) is 53.0 Å². The summed E-state index contributed by atoms with van der Waals surface area (Å²) < 4.78 is 10.5. The third-order valence-corrected chi connectivity index (χ3v) is 5.03. The van der Waals surface area contributed by atoms with Gasteiger partial charge in [0.1, 0.15) is 0 Å². The number of likely N-dealkylation sites (tertiary alicyclic amines) is 1. The van der Waals surface area contributed by atoms with Crippen molar-refractivity contribution in [1.29, 1.82) is 0 Å². The van der Waals surface area contributed by atoms with Crippen molar-refractivity contribution in [3.8, 4) is 0 Å². The molecule has 0 aliphatic carbocycles. The first-order chi connectivity index (χ1) is 12.6. The van der Waals surface area contributed by atoms with Gasteiger partial charge in [-0.25, -0.2) is 0 Å². The summed E-state index contributed by atoms with van der Waals surface area (Å²) in [5.41, 5.74) is 0. The molecule has 1 aliphatic heterocycles. The Morgan fingerprint density at radius 2 is 1.88 bits per heavy atom. The number of methoxy groups -OCH3 is 1. The van der Waals surface area contributed by atoms with Crippen molar-refractivity contribution in [2.75, 3.05) is 59.7 Å². The minimum absolute atomic E-state index is 0.523. The van der Waals surface area contributed by atoms with Crippen LogP contribution in [-0.2, 0) is 9.47 Å². The van der Waals surface area contributed by atoms with E-state index in [9.17, 15) is 0 Å². The topological polar surface area (TPSA) is 58.1 Å². The molecule has 6 heteroatoms. The van der Waals surface area contributed by atoms with Crippen LogP contribution in [0.1, 0.15) is 47.0 Å². The third-order valence-electron chi connectivity index (χ3n) is 5.03. The van der Waals surface area contributed by atoms with Crippen LogP contribution in [0.3, 0.4) is 0 Å². The maximum absolute atomic E-state index is 5.50. The minimum Gasteiger partial charge on any atom is -0.382 e. The van der Waals surface area contributed by atoms with Gasteiger partial charge in [-0.2, -0.15) is 0 Å². The molecule has 1 atom stereocenters. The van der Waals surface area contributed by atoms with Crippen LogP contribution in [-0.4, -0.2) is 76.6 Å². The molecule has 0 saturated carbocycles. The normalized spacial score (nSPS) is 18.3. The van der Waals surface area contributed by atoms with Crippen LogP contribution < -0.4 is 10.6 Å². The molecule has 2 N–H and O–H groups in total. The van der Waals surface area contributed by atoms with E-state index in [4.69, 9.17) is 14.5 Å². The van der Waals surface area contributed by atoms with Gasteiger partial charge in [0, 0.05) is 32.8 Å². The second-order valence-electron chi connectivity index (χ2n) is 7.63. The Morgan fingerprint density at radius 3 is 2.50 bits per heavy atom. The number of ether oxygens (including phenoxy) is 2. The van der Waals surface area contributed by atoms with Crippen molar-refractivity contribution in [3.05, 3.63) is 0 Å². The van der Waals surface area contributed by atoms with Gasteiger partial charge in [0.05, 0.1) is 19.8 Å². The Labute approximate surface area is 161 Å². The van der Waals surface area contributed by atoms with Gasteiger partial charge in [0.15, 0.2) is 5.96 Å². The summed E-state index contributed by atoms with van der Waals surface area (Å²) in [6, 6.07) is 0.523. The number of guanidine groups is 1. The molecule has 1 saturated heterocycles. The lowest BCUT2D eigenvalue weighted by Gasteiger charge is -2.38. The highest BCUT2D eigenvalue weighted by molar-refractivity contribution is 5.79. The van der Waals surface area contributed by atoms with Gasteiger partial charge >= 0.3 is 0 Å². The summed E-state index contributed by atoms with van der Waals surface area (Å²) in [6.45, 7) is 16.2. The van der Waals surface area contributed by atoms with Crippen LogP contribution in [0.15, 0.2) is 4.99 Å². The van der Waals surface area contributed by atoms with Gasteiger partial charge in [0.25, 0.3) is 0 Å². The van der Waals surface area contributed by atoms with E-state index in [1.54, 1.807) is 7.11 Å². The molecule has 0 amide bonds. The molecule has 0 radical (unpaired) electrons. The zero-order valence-electron chi connectivity index (χ0n) is 17.7. The Balaban J connectivity index is 2.41. The average Bonchev–Trinajstić information content (AvgIpc) is 2.62. The smallest absolute Gasteiger partial charge is 0.191 e. The van der Waals surface area contributed by atoms with E-state index < -0.39 is 0 Å². The van der Waals surface area contributed by atoms with E-state index in [0.717, 1.165) is 44.5 Å². The van der Waals surface area contributed by atoms with Crippen molar-refractivity contribution in [3.63, 3.8) is 0 Å². The SMILES string of the molecule is CCNC(=NCC(C(C)C)N1CCC(C)CC1)NCCCOCCOC. The second-order valence-corrected chi connectivity index (χ2v) is 7.63. The first-order valence-corrected chi connectivity index (χ1v) is 10.4. The molecule has 1 heterocycles. The van der Waals surface area contributed by atoms with Crippen LogP contribution >= 0.6 is 0 Å². The molecular formula is C20H42N4O2. The zero-order valence-corrected chi connectivity index (χ0v) is 17.7. The maximum Gasteiger partial charge on any atom is 0.191 e.